The van der Waals surface area contributed by atoms with Crippen molar-refractivity contribution >= 4 is 0 Å². The Kier molecular flexibility index (Phi) is 3.88. The second-order valence-electron chi connectivity index (χ2n) is 5.63. The summed E-state index contributed by atoms with van der Waals surface area (Å²) in [6, 6.07) is 11.0. The first-order valence-corrected chi connectivity index (χ1v) is 7.63. The smallest absolute Gasteiger partial charge is 0.106 e. The van der Waals surface area contributed by atoms with Crippen LogP contribution in [0.1, 0.15) is 48.1 Å². The minimum Gasteiger partial charge on any atom is -0.330 e. The quantitative estimate of drug-likeness (QED) is 0.927. The number of imidazole rings is 1. The van der Waals surface area contributed by atoms with E-state index in [0.29, 0.717) is 12.6 Å². The average Bonchev–Trinajstić information content (AvgIpc) is 2.82. The molecule has 0 radical (unpaired) electrons. The van der Waals surface area contributed by atoms with E-state index in [2.05, 4.69) is 41.8 Å². The Morgan fingerprint density at radius 3 is 2.70 bits per heavy atom. The van der Waals surface area contributed by atoms with Crippen LogP contribution in [0.25, 0.3) is 0 Å². The fraction of sp³-hybridized carbons (Fsp3) is 0.471. The Morgan fingerprint density at radius 2 is 1.95 bits per heavy atom. The topological polar surface area (TPSA) is 43.8 Å². The highest BCUT2D eigenvalue weighted by Crippen LogP contribution is 2.30. The largest absolute Gasteiger partial charge is 0.330 e. The molecule has 3 heteroatoms. The molecule has 2 N–H and O–H groups in total. The first-order chi connectivity index (χ1) is 9.81. The number of aryl methyl sites for hydroxylation is 2. The van der Waals surface area contributed by atoms with Gasteiger partial charge in [-0.3, -0.25) is 0 Å². The van der Waals surface area contributed by atoms with Crippen LogP contribution in [-0.2, 0) is 12.8 Å². The molecule has 3 nitrogen and oxygen atoms in total. The van der Waals surface area contributed by atoms with Gasteiger partial charge in [-0.25, -0.2) is 4.98 Å². The maximum Gasteiger partial charge on any atom is 0.106 e. The van der Waals surface area contributed by atoms with Gasteiger partial charge < -0.3 is 10.3 Å². The number of nitrogens with zero attached hydrogens (tertiary/aromatic N) is 2. The van der Waals surface area contributed by atoms with Crippen LogP contribution in [0.2, 0.25) is 0 Å². The van der Waals surface area contributed by atoms with E-state index >= 15 is 0 Å². The summed E-state index contributed by atoms with van der Waals surface area (Å²) in [7, 11) is 0. The van der Waals surface area contributed by atoms with E-state index in [0.717, 1.165) is 25.1 Å². The number of aromatic nitrogens is 2. The Bertz CT molecular complexity index is 571. The molecule has 1 aliphatic rings. The van der Waals surface area contributed by atoms with Crippen molar-refractivity contribution in [3.05, 3.63) is 53.1 Å². The van der Waals surface area contributed by atoms with Crippen LogP contribution in [0.15, 0.2) is 30.3 Å². The molecule has 1 atom stereocenters. The van der Waals surface area contributed by atoms with E-state index in [1.807, 2.05) is 0 Å². The van der Waals surface area contributed by atoms with Gasteiger partial charge in [0, 0.05) is 5.69 Å². The minimum absolute atomic E-state index is 0.329. The zero-order valence-corrected chi connectivity index (χ0v) is 12.2. The molecule has 0 saturated heterocycles. The Hall–Kier alpha value is -1.61. The maximum absolute atomic E-state index is 5.87. The molecule has 1 heterocycles. The van der Waals surface area contributed by atoms with E-state index in [-0.39, 0.29) is 0 Å². The molecule has 0 spiro atoms. The van der Waals surface area contributed by atoms with Crippen LogP contribution in [-0.4, -0.2) is 16.1 Å². The second kappa shape index (κ2) is 5.80. The monoisotopic (exact) mass is 269 g/mol. The van der Waals surface area contributed by atoms with E-state index in [4.69, 9.17) is 10.7 Å². The fourth-order valence-corrected chi connectivity index (χ4v) is 3.39. The van der Waals surface area contributed by atoms with Crippen LogP contribution in [0.4, 0.5) is 0 Å². The van der Waals surface area contributed by atoms with Gasteiger partial charge in [-0.05, 0) is 51.1 Å². The molecule has 20 heavy (non-hydrogen) atoms. The molecule has 0 amide bonds. The van der Waals surface area contributed by atoms with Gasteiger partial charge in [0.05, 0.1) is 11.7 Å². The molecule has 0 aliphatic heterocycles. The molecule has 3 rings (SSSR count). The highest BCUT2D eigenvalue weighted by atomic mass is 15.1. The third-order valence-electron chi connectivity index (χ3n) is 4.28. The van der Waals surface area contributed by atoms with Crippen LogP contribution in [0, 0.1) is 6.92 Å². The Morgan fingerprint density at radius 1 is 1.20 bits per heavy atom. The van der Waals surface area contributed by atoms with Gasteiger partial charge in [0.25, 0.3) is 0 Å². The van der Waals surface area contributed by atoms with Gasteiger partial charge in [0.2, 0.25) is 0 Å². The number of benzene rings is 1. The number of fused-ring (bicyclic) bond motifs is 1. The molecule has 1 aromatic heterocycles. The zero-order chi connectivity index (χ0) is 13.9. The van der Waals surface area contributed by atoms with Crippen LogP contribution in [0.3, 0.4) is 0 Å². The Labute approximate surface area is 120 Å². The number of rotatable bonds is 4. The molecule has 1 unspecified atom stereocenters. The summed E-state index contributed by atoms with van der Waals surface area (Å²) in [6.45, 7) is 2.83. The van der Waals surface area contributed by atoms with Crippen molar-refractivity contribution in [2.75, 3.05) is 6.54 Å². The lowest BCUT2D eigenvalue weighted by atomic mass is 9.98. The summed E-state index contributed by atoms with van der Waals surface area (Å²) >= 11 is 0. The van der Waals surface area contributed by atoms with Crippen molar-refractivity contribution in [1.82, 2.24) is 9.55 Å². The molecular formula is C17H23N3. The van der Waals surface area contributed by atoms with Crippen molar-refractivity contribution < 1.29 is 0 Å². The average molecular weight is 269 g/mol. The van der Waals surface area contributed by atoms with Gasteiger partial charge in [0.1, 0.15) is 5.82 Å². The van der Waals surface area contributed by atoms with Crippen molar-refractivity contribution in [3.63, 3.8) is 0 Å². The van der Waals surface area contributed by atoms with Crippen LogP contribution in [0.5, 0.6) is 0 Å². The van der Waals surface area contributed by atoms with Gasteiger partial charge in [0.15, 0.2) is 0 Å². The summed E-state index contributed by atoms with van der Waals surface area (Å²) in [6.07, 6.45) is 5.81. The van der Waals surface area contributed by atoms with E-state index < -0.39 is 0 Å². The van der Waals surface area contributed by atoms with Crippen molar-refractivity contribution in [2.45, 2.75) is 45.1 Å². The number of nitrogens with two attached hydrogens (primary N) is 1. The summed E-state index contributed by atoms with van der Waals surface area (Å²) in [5.74, 6) is 1.14. The standard InChI is InChI=1S/C17H23N3/c1-13-19-15-9-5-6-10-17(15)20(13)16(11-12-18)14-7-3-2-4-8-14/h2-4,7-8,16H,5-6,9-12,18H2,1H3. The van der Waals surface area contributed by atoms with Crippen LogP contribution < -0.4 is 5.73 Å². The van der Waals surface area contributed by atoms with E-state index in [1.54, 1.807) is 0 Å². The lowest BCUT2D eigenvalue weighted by molar-refractivity contribution is 0.505. The first kappa shape index (κ1) is 13.4. The molecule has 1 aromatic carbocycles. The molecule has 0 bridgehead atoms. The highest BCUT2D eigenvalue weighted by molar-refractivity contribution is 5.27. The third-order valence-corrected chi connectivity index (χ3v) is 4.28. The third kappa shape index (κ3) is 2.38. The fourth-order valence-electron chi connectivity index (χ4n) is 3.39. The summed E-state index contributed by atoms with van der Waals surface area (Å²) < 4.78 is 2.44. The SMILES string of the molecule is Cc1nc2c(n1C(CCN)c1ccccc1)CCCC2. The molecular weight excluding hydrogens is 246 g/mol. The van der Waals surface area contributed by atoms with Crippen molar-refractivity contribution in [1.29, 1.82) is 0 Å². The summed E-state index contributed by atoms with van der Waals surface area (Å²) in [4.78, 5) is 4.80. The molecule has 0 fully saturated rings. The van der Waals surface area contributed by atoms with Gasteiger partial charge in [-0.15, -0.1) is 0 Å². The van der Waals surface area contributed by atoms with Gasteiger partial charge >= 0.3 is 0 Å². The normalized spacial score (nSPS) is 15.9. The minimum atomic E-state index is 0.329. The predicted octanol–water partition coefficient (Wildman–Crippen LogP) is 3.01. The zero-order valence-electron chi connectivity index (χ0n) is 12.2. The number of hydrogen-bond acceptors (Lipinski definition) is 2. The summed E-state index contributed by atoms with van der Waals surface area (Å²) in [5, 5.41) is 0. The lowest BCUT2D eigenvalue weighted by Crippen LogP contribution is -2.19. The van der Waals surface area contributed by atoms with E-state index in [9.17, 15) is 0 Å². The molecule has 2 aromatic rings. The second-order valence-corrected chi connectivity index (χ2v) is 5.63. The van der Waals surface area contributed by atoms with Crippen molar-refractivity contribution in [2.24, 2.45) is 5.73 Å². The first-order valence-electron chi connectivity index (χ1n) is 7.63. The predicted molar refractivity (Wildman–Crippen MR) is 81.9 cm³/mol. The summed E-state index contributed by atoms with van der Waals surface area (Å²) in [5.41, 5.74) is 9.96. The van der Waals surface area contributed by atoms with Crippen LogP contribution >= 0.6 is 0 Å². The lowest BCUT2D eigenvalue weighted by Gasteiger charge is -2.24. The molecule has 1 aliphatic carbocycles. The highest BCUT2D eigenvalue weighted by Gasteiger charge is 2.23. The number of hydrogen-bond donors (Lipinski definition) is 1. The van der Waals surface area contributed by atoms with E-state index in [1.165, 1.54) is 29.8 Å². The maximum atomic E-state index is 5.87. The molecule has 0 saturated carbocycles. The van der Waals surface area contributed by atoms with Gasteiger partial charge in [-0.1, -0.05) is 30.3 Å². The Balaban J connectivity index is 2.06. The van der Waals surface area contributed by atoms with Crippen molar-refractivity contribution in [3.8, 4) is 0 Å². The van der Waals surface area contributed by atoms with Gasteiger partial charge in [-0.2, -0.15) is 0 Å². The molecule has 106 valence electrons.